The molecule has 38 heavy (non-hydrogen) atoms. The predicted molar refractivity (Wildman–Crippen MR) is 136 cm³/mol. The molecule has 0 unspecified atom stereocenters. The quantitative estimate of drug-likeness (QED) is 0.159. The maximum Gasteiger partial charge on any atom is 0.490 e. The highest BCUT2D eigenvalue weighted by Gasteiger charge is 2.38. The molecule has 0 aliphatic heterocycles. The van der Waals surface area contributed by atoms with Crippen LogP contribution in [0, 0.1) is 11.2 Å². The van der Waals surface area contributed by atoms with Crippen LogP contribution < -0.4 is 10.6 Å². The van der Waals surface area contributed by atoms with E-state index in [0.29, 0.717) is 17.8 Å². The van der Waals surface area contributed by atoms with Crippen LogP contribution in [0.4, 0.5) is 28.9 Å². The second-order valence-corrected chi connectivity index (χ2v) is 8.08. The summed E-state index contributed by atoms with van der Waals surface area (Å²) in [5, 5.41) is 19.4. The fourth-order valence-electron chi connectivity index (χ4n) is 3.45. The van der Waals surface area contributed by atoms with Gasteiger partial charge in [-0.1, -0.05) is 31.2 Å². The van der Waals surface area contributed by atoms with Gasteiger partial charge in [-0.25, -0.2) is 13.9 Å². The predicted octanol–water partition coefficient (Wildman–Crippen LogP) is 5.83. The Balaban J connectivity index is 0.000000505. The Kier molecular flexibility index (Phi) is 8.85. The molecule has 198 valence electrons. The van der Waals surface area contributed by atoms with Crippen LogP contribution in [0.2, 0.25) is 0 Å². The van der Waals surface area contributed by atoms with Crippen LogP contribution in [0.15, 0.2) is 85.1 Å². The fraction of sp³-hybridized carbons (Fsp3) is 0.148. The van der Waals surface area contributed by atoms with Gasteiger partial charge in [0.2, 0.25) is 0 Å². The van der Waals surface area contributed by atoms with E-state index in [2.05, 4.69) is 5.10 Å². The topological polar surface area (TPSA) is 108 Å². The number of rotatable bonds is 7. The molecule has 0 saturated carbocycles. The molecule has 0 radical (unpaired) electrons. The summed E-state index contributed by atoms with van der Waals surface area (Å²) < 4.78 is 48.4. The number of carbonyl (C=O) groups is 1. The molecule has 4 N–H and O–H groups in total. The summed E-state index contributed by atoms with van der Waals surface area (Å²) in [6.07, 6.45) is -2.37. The fourth-order valence-corrected chi connectivity index (χ4v) is 3.45. The lowest BCUT2D eigenvalue weighted by molar-refractivity contribution is -0.192. The van der Waals surface area contributed by atoms with Gasteiger partial charge in [-0.3, -0.25) is 5.41 Å². The van der Waals surface area contributed by atoms with Gasteiger partial charge in [0.05, 0.1) is 23.6 Å². The molecule has 0 fully saturated rings. The number of anilines is 2. The highest BCUT2D eigenvalue weighted by Crippen LogP contribution is 2.31. The van der Waals surface area contributed by atoms with E-state index in [1.54, 1.807) is 18.2 Å². The highest BCUT2D eigenvalue weighted by atomic mass is 19.4. The number of alkyl halides is 3. The lowest BCUT2D eigenvalue weighted by Gasteiger charge is -2.25. The molecule has 11 heteroatoms. The first-order chi connectivity index (χ1) is 18.0. The second kappa shape index (κ2) is 12.0. The lowest BCUT2D eigenvalue weighted by atomic mass is 10.1. The van der Waals surface area contributed by atoms with Crippen LogP contribution in [0.3, 0.4) is 0 Å². The van der Waals surface area contributed by atoms with Crippen LogP contribution in [0.1, 0.15) is 23.7 Å². The molecule has 0 aliphatic rings. The van der Waals surface area contributed by atoms with Crippen molar-refractivity contribution >= 4 is 23.2 Å². The van der Waals surface area contributed by atoms with Gasteiger partial charge in [0, 0.05) is 17.4 Å². The number of nitrogens with one attached hydrogen (secondary N) is 1. The van der Waals surface area contributed by atoms with E-state index in [4.69, 9.17) is 21.0 Å². The number of para-hydroxylation sites is 1. The molecular formula is C27H25F4N5O2. The van der Waals surface area contributed by atoms with Crippen molar-refractivity contribution in [3.05, 3.63) is 108 Å². The average molecular weight is 528 g/mol. The number of aromatic nitrogens is 2. The first-order valence-electron chi connectivity index (χ1n) is 11.4. The summed E-state index contributed by atoms with van der Waals surface area (Å²) in [6, 6.07) is 24.2. The third-order valence-corrected chi connectivity index (χ3v) is 5.43. The molecule has 4 rings (SSSR count). The SMILES string of the molecule is CCc1ccc(F)c(N(Cc2ccn(-c3ccccc3)n2)c2ccc(C(=N)N)cc2)c1.O=C(O)C(F)(F)F. The van der Waals surface area contributed by atoms with Crippen molar-refractivity contribution in [1.29, 1.82) is 5.41 Å². The number of benzene rings is 3. The summed E-state index contributed by atoms with van der Waals surface area (Å²) in [4.78, 5) is 10.8. The van der Waals surface area contributed by atoms with Crippen molar-refractivity contribution in [3.8, 4) is 5.69 Å². The Labute approximate surface area is 216 Å². The number of hydrogen-bond donors (Lipinski definition) is 3. The van der Waals surface area contributed by atoms with Crippen molar-refractivity contribution in [3.63, 3.8) is 0 Å². The molecule has 1 heterocycles. The van der Waals surface area contributed by atoms with E-state index in [1.807, 2.05) is 77.3 Å². The van der Waals surface area contributed by atoms with Crippen molar-refractivity contribution in [2.24, 2.45) is 5.73 Å². The number of aryl methyl sites for hydroxylation is 1. The molecule has 0 bridgehead atoms. The molecule has 4 aromatic rings. The van der Waals surface area contributed by atoms with E-state index in [0.717, 1.165) is 29.1 Å². The van der Waals surface area contributed by atoms with Crippen LogP contribution >= 0.6 is 0 Å². The summed E-state index contributed by atoms with van der Waals surface area (Å²) in [7, 11) is 0. The zero-order valence-corrected chi connectivity index (χ0v) is 20.3. The number of nitrogen functional groups attached to an aromatic ring is 1. The highest BCUT2D eigenvalue weighted by molar-refractivity contribution is 5.95. The number of carboxylic acids is 1. The minimum absolute atomic E-state index is 0.00105. The summed E-state index contributed by atoms with van der Waals surface area (Å²) in [6.45, 7) is 2.44. The third-order valence-electron chi connectivity index (χ3n) is 5.43. The van der Waals surface area contributed by atoms with Crippen LogP contribution in [-0.2, 0) is 17.8 Å². The van der Waals surface area contributed by atoms with Gasteiger partial charge in [-0.15, -0.1) is 0 Å². The summed E-state index contributed by atoms with van der Waals surface area (Å²) in [5.41, 5.74) is 10.3. The van der Waals surface area contributed by atoms with Crippen molar-refractivity contribution < 1.29 is 27.5 Å². The maximum atomic E-state index is 14.9. The zero-order valence-electron chi connectivity index (χ0n) is 20.3. The monoisotopic (exact) mass is 527 g/mol. The van der Waals surface area contributed by atoms with Crippen LogP contribution in [-0.4, -0.2) is 32.9 Å². The Hall–Kier alpha value is -4.67. The molecule has 0 saturated heterocycles. The Morgan fingerprint density at radius 3 is 2.24 bits per heavy atom. The zero-order chi connectivity index (χ0) is 27.9. The molecule has 0 atom stereocenters. The number of halogens is 4. The standard InChI is InChI=1S/C25H24FN5.C2HF3O2/c1-2-18-8-13-23(26)24(16-18)30(21-11-9-19(10-12-21)25(27)28)17-20-14-15-31(29-20)22-6-4-3-5-7-22;3-2(4,5)1(6)7/h3-16H,2,17H2,1H3,(H3,27,28);(H,6,7). The Morgan fingerprint density at radius 2 is 1.68 bits per heavy atom. The van der Waals surface area contributed by atoms with Gasteiger partial charge in [0.15, 0.2) is 0 Å². The smallest absolute Gasteiger partial charge is 0.475 e. The normalized spacial score (nSPS) is 10.9. The molecule has 7 nitrogen and oxygen atoms in total. The van der Waals surface area contributed by atoms with Crippen molar-refractivity contribution in [1.82, 2.24) is 9.78 Å². The number of nitrogens with two attached hydrogens (primary N) is 1. The molecular weight excluding hydrogens is 502 g/mol. The van der Waals surface area contributed by atoms with E-state index in [-0.39, 0.29) is 11.7 Å². The minimum Gasteiger partial charge on any atom is -0.475 e. The number of amidine groups is 1. The van der Waals surface area contributed by atoms with Crippen molar-refractivity contribution in [2.75, 3.05) is 4.90 Å². The molecule has 0 spiro atoms. The summed E-state index contributed by atoms with van der Waals surface area (Å²) in [5.74, 6) is -3.05. The third kappa shape index (κ3) is 7.19. The average Bonchev–Trinajstić information content (AvgIpc) is 3.37. The minimum atomic E-state index is -5.08. The Bertz CT molecular complexity index is 1390. The van der Waals surface area contributed by atoms with Gasteiger partial charge in [-0.05, 0) is 66.6 Å². The van der Waals surface area contributed by atoms with Gasteiger partial charge in [0.1, 0.15) is 11.7 Å². The first-order valence-corrected chi connectivity index (χ1v) is 11.4. The van der Waals surface area contributed by atoms with E-state index < -0.39 is 12.1 Å². The molecule has 0 amide bonds. The van der Waals surface area contributed by atoms with E-state index in [1.165, 1.54) is 6.07 Å². The van der Waals surface area contributed by atoms with Gasteiger partial charge >= 0.3 is 12.1 Å². The molecule has 0 aliphatic carbocycles. The molecule has 1 aromatic heterocycles. The lowest BCUT2D eigenvalue weighted by Crippen LogP contribution is -2.21. The summed E-state index contributed by atoms with van der Waals surface area (Å²) >= 11 is 0. The number of nitrogens with zero attached hydrogens (tertiary/aromatic N) is 3. The van der Waals surface area contributed by atoms with E-state index in [9.17, 15) is 17.6 Å². The van der Waals surface area contributed by atoms with Crippen LogP contribution in [0.5, 0.6) is 0 Å². The second-order valence-electron chi connectivity index (χ2n) is 8.08. The first kappa shape index (κ1) is 27.9. The van der Waals surface area contributed by atoms with Gasteiger partial charge in [-0.2, -0.15) is 18.3 Å². The van der Waals surface area contributed by atoms with E-state index >= 15 is 0 Å². The molecule has 3 aromatic carbocycles. The van der Waals surface area contributed by atoms with Gasteiger partial charge < -0.3 is 15.7 Å². The van der Waals surface area contributed by atoms with Crippen molar-refractivity contribution in [2.45, 2.75) is 26.1 Å². The largest absolute Gasteiger partial charge is 0.490 e. The maximum absolute atomic E-state index is 14.9. The van der Waals surface area contributed by atoms with Crippen LogP contribution in [0.25, 0.3) is 5.69 Å². The number of hydrogen-bond acceptors (Lipinski definition) is 4. The number of carboxylic acid groups (broad SMARTS) is 1. The van der Waals surface area contributed by atoms with Gasteiger partial charge in [0.25, 0.3) is 0 Å². The number of aliphatic carboxylic acids is 1. The Morgan fingerprint density at radius 1 is 1.05 bits per heavy atom.